The van der Waals surface area contributed by atoms with Crippen LogP contribution in [0.1, 0.15) is 5.56 Å². The van der Waals surface area contributed by atoms with Crippen LogP contribution in [0.4, 0.5) is 5.69 Å². The molecule has 1 aliphatic heterocycles. The van der Waals surface area contributed by atoms with E-state index in [0.717, 1.165) is 27.4 Å². The normalized spacial score (nSPS) is 13.1. The van der Waals surface area contributed by atoms with E-state index >= 15 is 0 Å². The number of fused-ring (bicyclic) bond motifs is 1. The van der Waals surface area contributed by atoms with Crippen LogP contribution in [0.25, 0.3) is 0 Å². The van der Waals surface area contributed by atoms with Gasteiger partial charge in [0.1, 0.15) is 17.8 Å². The molecule has 2 heterocycles. The third kappa shape index (κ3) is 2.81. The lowest BCUT2D eigenvalue weighted by atomic mass is 10.1. The molecule has 19 heavy (non-hydrogen) atoms. The highest BCUT2D eigenvalue weighted by Crippen LogP contribution is 2.33. The van der Waals surface area contributed by atoms with E-state index in [2.05, 4.69) is 26.2 Å². The Bertz CT molecular complexity index is 572. The van der Waals surface area contributed by atoms with E-state index in [1.807, 2.05) is 30.3 Å². The minimum absolute atomic E-state index is 0.601. The number of pyridine rings is 1. The van der Waals surface area contributed by atoms with Gasteiger partial charge in [0.25, 0.3) is 0 Å². The van der Waals surface area contributed by atoms with Crippen molar-refractivity contribution in [3.05, 3.63) is 46.7 Å². The number of hydrogen-bond acceptors (Lipinski definition) is 4. The van der Waals surface area contributed by atoms with Crippen molar-refractivity contribution >= 4 is 21.6 Å². The number of benzene rings is 1. The Balaban J connectivity index is 1.75. The summed E-state index contributed by atoms with van der Waals surface area (Å²) in [7, 11) is 0. The number of para-hydroxylation sites is 1. The van der Waals surface area contributed by atoms with Crippen molar-refractivity contribution in [2.24, 2.45) is 0 Å². The van der Waals surface area contributed by atoms with E-state index in [0.29, 0.717) is 19.8 Å². The second kappa shape index (κ2) is 5.48. The largest absolute Gasteiger partial charge is 0.486 e. The monoisotopic (exact) mass is 320 g/mol. The van der Waals surface area contributed by atoms with Gasteiger partial charge < -0.3 is 14.8 Å². The van der Waals surface area contributed by atoms with Crippen LogP contribution in [0.5, 0.6) is 11.5 Å². The summed E-state index contributed by atoms with van der Waals surface area (Å²) < 4.78 is 12.1. The maximum absolute atomic E-state index is 5.67. The third-order valence-corrected chi connectivity index (χ3v) is 3.33. The molecule has 0 bridgehead atoms. The van der Waals surface area contributed by atoms with Gasteiger partial charge in [-0.25, -0.2) is 4.98 Å². The fraction of sp³-hybridized carbons (Fsp3) is 0.214. The van der Waals surface area contributed by atoms with Crippen LogP contribution in [-0.2, 0) is 6.54 Å². The molecule has 0 atom stereocenters. The topological polar surface area (TPSA) is 43.4 Å². The van der Waals surface area contributed by atoms with Gasteiger partial charge in [-0.3, -0.25) is 0 Å². The average molecular weight is 321 g/mol. The molecule has 0 saturated carbocycles. The lowest BCUT2D eigenvalue weighted by Crippen LogP contribution is -2.17. The second-order valence-corrected chi connectivity index (χ2v) is 4.98. The summed E-state index contributed by atoms with van der Waals surface area (Å²) in [5.41, 5.74) is 2.05. The molecule has 0 amide bonds. The standard InChI is InChI=1S/C14H13BrN2O2/c15-13-5-4-11(9-17-13)16-8-10-2-1-3-12-14(10)19-7-6-18-12/h1-5,9,16H,6-8H2. The molecule has 98 valence electrons. The van der Waals surface area contributed by atoms with Gasteiger partial charge in [0.05, 0.1) is 11.9 Å². The van der Waals surface area contributed by atoms with Crippen molar-refractivity contribution in [3.63, 3.8) is 0 Å². The number of ether oxygens (including phenoxy) is 2. The van der Waals surface area contributed by atoms with Crippen molar-refractivity contribution in [1.29, 1.82) is 0 Å². The molecule has 0 aliphatic carbocycles. The highest BCUT2D eigenvalue weighted by Gasteiger charge is 2.15. The zero-order valence-electron chi connectivity index (χ0n) is 10.2. The van der Waals surface area contributed by atoms with E-state index in [1.54, 1.807) is 6.20 Å². The first-order valence-corrected chi connectivity index (χ1v) is 6.85. The molecular weight excluding hydrogens is 308 g/mol. The zero-order chi connectivity index (χ0) is 13.1. The number of nitrogens with zero attached hydrogens (tertiary/aromatic N) is 1. The summed E-state index contributed by atoms with van der Waals surface area (Å²) in [6.07, 6.45) is 1.79. The van der Waals surface area contributed by atoms with Crippen molar-refractivity contribution in [3.8, 4) is 11.5 Å². The minimum Gasteiger partial charge on any atom is -0.486 e. The van der Waals surface area contributed by atoms with Crippen LogP contribution in [-0.4, -0.2) is 18.2 Å². The molecule has 0 radical (unpaired) electrons. The van der Waals surface area contributed by atoms with Crippen LogP contribution >= 0.6 is 15.9 Å². The summed E-state index contributed by atoms with van der Waals surface area (Å²) in [4.78, 5) is 4.18. The van der Waals surface area contributed by atoms with Crippen molar-refractivity contribution in [2.45, 2.75) is 6.54 Å². The molecule has 1 N–H and O–H groups in total. The van der Waals surface area contributed by atoms with Gasteiger partial charge in [-0.15, -0.1) is 0 Å². The fourth-order valence-corrected chi connectivity index (χ4v) is 2.19. The number of hydrogen-bond donors (Lipinski definition) is 1. The Kier molecular flexibility index (Phi) is 3.55. The fourth-order valence-electron chi connectivity index (χ4n) is 1.95. The number of rotatable bonds is 3. The van der Waals surface area contributed by atoms with Crippen molar-refractivity contribution in [1.82, 2.24) is 4.98 Å². The summed E-state index contributed by atoms with van der Waals surface area (Å²) in [6, 6.07) is 9.82. The Morgan fingerprint density at radius 1 is 1.16 bits per heavy atom. The molecule has 1 aromatic heterocycles. The van der Waals surface area contributed by atoms with E-state index in [9.17, 15) is 0 Å². The number of nitrogens with one attached hydrogen (secondary N) is 1. The molecule has 3 rings (SSSR count). The third-order valence-electron chi connectivity index (χ3n) is 2.86. The van der Waals surface area contributed by atoms with Gasteiger partial charge in [-0.05, 0) is 34.1 Å². The quantitative estimate of drug-likeness (QED) is 0.882. The van der Waals surface area contributed by atoms with Crippen LogP contribution in [0.3, 0.4) is 0 Å². The summed E-state index contributed by atoms with van der Waals surface area (Å²) in [5, 5.41) is 3.32. The highest BCUT2D eigenvalue weighted by atomic mass is 79.9. The Morgan fingerprint density at radius 3 is 2.89 bits per heavy atom. The maximum Gasteiger partial charge on any atom is 0.166 e. The first-order chi connectivity index (χ1) is 9.33. The molecule has 5 heteroatoms. The second-order valence-electron chi connectivity index (χ2n) is 4.16. The smallest absolute Gasteiger partial charge is 0.166 e. The Morgan fingerprint density at radius 2 is 2.05 bits per heavy atom. The van der Waals surface area contributed by atoms with Crippen LogP contribution in [0.2, 0.25) is 0 Å². The lowest BCUT2D eigenvalue weighted by Gasteiger charge is -2.21. The van der Waals surface area contributed by atoms with Gasteiger partial charge in [0, 0.05) is 12.1 Å². The molecular formula is C14H13BrN2O2. The summed E-state index contributed by atoms with van der Waals surface area (Å²) in [5.74, 6) is 1.66. The highest BCUT2D eigenvalue weighted by molar-refractivity contribution is 9.10. The summed E-state index contributed by atoms with van der Waals surface area (Å²) in [6.45, 7) is 1.89. The van der Waals surface area contributed by atoms with Crippen LogP contribution in [0.15, 0.2) is 41.1 Å². The van der Waals surface area contributed by atoms with Crippen molar-refractivity contribution in [2.75, 3.05) is 18.5 Å². The predicted octanol–water partition coefficient (Wildman–Crippen LogP) is 3.23. The van der Waals surface area contributed by atoms with Crippen molar-refractivity contribution < 1.29 is 9.47 Å². The first kappa shape index (κ1) is 12.3. The van der Waals surface area contributed by atoms with Gasteiger partial charge >= 0.3 is 0 Å². The molecule has 0 spiro atoms. The number of aromatic nitrogens is 1. The number of halogens is 1. The first-order valence-electron chi connectivity index (χ1n) is 6.06. The molecule has 0 unspecified atom stereocenters. The van der Waals surface area contributed by atoms with Gasteiger partial charge in [0.15, 0.2) is 11.5 Å². The molecule has 1 aromatic carbocycles. The molecule has 2 aromatic rings. The summed E-state index contributed by atoms with van der Waals surface area (Å²) >= 11 is 3.32. The molecule has 0 saturated heterocycles. The molecule has 4 nitrogen and oxygen atoms in total. The predicted molar refractivity (Wildman–Crippen MR) is 76.7 cm³/mol. The van der Waals surface area contributed by atoms with Gasteiger partial charge in [0.2, 0.25) is 0 Å². The van der Waals surface area contributed by atoms with Crippen LogP contribution in [0, 0.1) is 0 Å². The van der Waals surface area contributed by atoms with Crippen LogP contribution < -0.4 is 14.8 Å². The van der Waals surface area contributed by atoms with Gasteiger partial charge in [-0.2, -0.15) is 0 Å². The van der Waals surface area contributed by atoms with E-state index in [1.165, 1.54) is 0 Å². The average Bonchev–Trinajstić information content (AvgIpc) is 2.47. The van der Waals surface area contributed by atoms with Gasteiger partial charge in [-0.1, -0.05) is 12.1 Å². The molecule has 1 aliphatic rings. The number of anilines is 1. The Hall–Kier alpha value is -1.75. The van der Waals surface area contributed by atoms with E-state index < -0.39 is 0 Å². The maximum atomic E-state index is 5.67. The SMILES string of the molecule is Brc1ccc(NCc2cccc3c2OCCO3)cn1. The van der Waals surface area contributed by atoms with E-state index in [-0.39, 0.29) is 0 Å². The molecule has 0 fully saturated rings. The minimum atomic E-state index is 0.601. The van der Waals surface area contributed by atoms with E-state index in [4.69, 9.17) is 9.47 Å². The zero-order valence-corrected chi connectivity index (χ0v) is 11.8. The lowest BCUT2D eigenvalue weighted by molar-refractivity contribution is 0.170. The Labute approximate surface area is 119 Å².